The maximum Gasteiger partial charge on any atom is 0.261 e. The fraction of sp³-hybridized carbons (Fsp3) is 0.316. The molecule has 0 spiro atoms. The van der Waals surface area contributed by atoms with Gasteiger partial charge in [-0.05, 0) is 34.4 Å². The molecule has 0 aliphatic carbocycles. The summed E-state index contributed by atoms with van der Waals surface area (Å²) in [5, 5.41) is 9.54. The summed E-state index contributed by atoms with van der Waals surface area (Å²) in [7, 11) is 0. The molecule has 0 radical (unpaired) electrons. The van der Waals surface area contributed by atoms with Gasteiger partial charge >= 0.3 is 0 Å². The molecule has 3 aliphatic rings. The van der Waals surface area contributed by atoms with E-state index >= 15 is 0 Å². The first kappa shape index (κ1) is 30.5. The monoisotopic (exact) mass is 617 g/mol. The maximum absolute atomic E-state index is 12.9. The van der Waals surface area contributed by atoms with Crippen LogP contribution < -0.4 is 0 Å². The number of hydrogen-bond donors (Lipinski definition) is 1. The van der Waals surface area contributed by atoms with E-state index in [1.165, 1.54) is 10.5 Å². The van der Waals surface area contributed by atoms with Crippen LogP contribution in [-0.4, -0.2) is 70.4 Å². The van der Waals surface area contributed by atoms with Crippen molar-refractivity contribution in [2.45, 2.75) is 44.6 Å². The van der Waals surface area contributed by atoms with E-state index < -0.39 is 6.29 Å². The number of aliphatic hydroxyl groups is 1. The molecule has 0 aromatic heterocycles. The van der Waals surface area contributed by atoms with Crippen molar-refractivity contribution in [3.63, 3.8) is 0 Å². The van der Waals surface area contributed by atoms with Gasteiger partial charge in [-0.25, -0.2) is 0 Å². The first-order chi connectivity index (χ1) is 22.5. The Balaban J connectivity index is 1.02. The van der Waals surface area contributed by atoms with E-state index in [0.717, 1.165) is 67.9 Å². The van der Waals surface area contributed by atoms with E-state index in [9.17, 15) is 14.7 Å². The molecule has 1 N–H and O–H groups in total. The number of nitrogens with zero attached hydrogens (tertiary/aromatic N) is 3. The second-order valence-corrected chi connectivity index (χ2v) is 12.4. The summed E-state index contributed by atoms with van der Waals surface area (Å²) >= 11 is 0. The van der Waals surface area contributed by atoms with Crippen LogP contribution >= 0.6 is 0 Å². The number of aliphatic hydroxyl groups excluding tert-OH is 1. The van der Waals surface area contributed by atoms with Gasteiger partial charge in [-0.3, -0.25) is 24.3 Å². The van der Waals surface area contributed by atoms with Crippen LogP contribution in [0.3, 0.4) is 0 Å². The number of rotatable bonds is 9. The first-order valence-electron chi connectivity index (χ1n) is 16.1. The molecule has 8 nitrogen and oxygen atoms in total. The average Bonchev–Trinajstić information content (AvgIpc) is 3.34. The Bertz CT molecular complexity index is 1620. The molecule has 46 heavy (non-hydrogen) atoms. The van der Waals surface area contributed by atoms with Gasteiger partial charge in [0.2, 0.25) is 0 Å². The van der Waals surface area contributed by atoms with Crippen LogP contribution in [0.2, 0.25) is 0 Å². The summed E-state index contributed by atoms with van der Waals surface area (Å²) in [6.07, 6.45) is -0.0142. The van der Waals surface area contributed by atoms with Crippen molar-refractivity contribution in [3.8, 4) is 0 Å². The van der Waals surface area contributed by atoms with Gasteiger partial charge in [-0.2, -0.15) is 0 Å². The summed E-state index contributed by atoms with van der Waals surface area (Å²) in [5.41, 5.74) is 5.92. The molecular weight excluding hydrogens is 578 g/mol. The highest BCUT2D eigenvalue weighted by molar-refractivity contribution is 6.21. The van der Waals surface area contributed by atoms with Crippen LogP contribution in [0, 0.1) is 0 Å². The molecule has 2 fully saturated rings. The lowest BCUT2D eigenvalue weighted by molar-refractivity contribution is -0.253. The normalized spacial score (nSPS) is 22.3. The van der Waals surface area contributed by atoms with Crippen molar-refractivity contribution in [2.24, 2.45) is 0 Å². The SMILES string of the molecule is O=C1c2ccccc2C(=O)N1Cc1ccc([C@H]2O[C@@H](CN3CCN(Cc4ccccc4)CC3)C[C@@H](c3ccc(CO)cc3)O2)cc1. The molecule has 236 valence electrons. The Labute approximate surface area is 269 Å². The highest BCUT2D eigenvalue weighted by Gasteiger charge is 2.36. The Morgan fingerprint density at radius 1 is 0.609 bits per heavy atom. The van der Waals surface area contributed by atoms with Crippen LogP contribution in [-0.2, 0) is 29.2 Å². The summed E-state index contributed by atoms with van der Waals surface area (Å²) in [6.45, 7) is 6.01. The highest BCUT2D eigenvalue weighted by Crippen LogP contribution is 2.38. The zero-order valence-electron chi connectivity index (χ0n) is 25.8. The first-order valence-corrected chi connectivity index (χ1v) is 16.1. The lowest BCUT2D eigenvalue weighted by Crippen LogP contribution is -2.49. The van der Waals surface area contributed by atoms with Crippen LogP contribution in [0.1, 0.15) is 67.3 Å². The molecule has 3 atom stereocenters. The second-order valence-electron chi connectivity index (χ2n) is 12.4. The summed E-state index contributed by atoms with van der Waals surface area (Å²) in [6, 6.07) is 33.3. The van der Waals surface area contributed by atoms with Gasteiger partial charge in [0, 0.05) is 51.3 Å². The van der Waals surface area contributed by atoms with E-state index in [1.807, 2.05) is 48.5 Å². The summed E-state index contributed by atoms with van der Waals surface area (Å²) < 4.78 is 13.2. The summed E-state index contributed by atoms with van der Waals surface area (Å²) in [5.74, 6) is -0.523. The van der Waals surface area contributed by atoms with Crippen molar-refractivity contribution in [1.29, 1.82) is 0 Å². The minimum Gasteiger partial charge on any atom is -0.392 e. The van der Waals surface area contributed by atoms with E-state index in [2.05, 4.69) is 40.1 Å². The van der Waals surface area contributed by atoms with E-state index in [0.29, 0.717) is 11.1 Å². The predicted molar refractivity (Wildman–Crippen MR) is 174 cm³/mol. The predicted octanol–water partition coefficient (Wildman–Crippen LogP) is 5.34. The topological polar surface area (TPSA) is 82.6 Å². The van der Waals surface area contributed by atoms with Gasteiger partial charge in [0.1, 0.15) is 0 Å². The minimum atomic E-state index is -0.561. The number of hydrogen-bond acceptors (Lipinski definition) is 7. The fourth-order valence-electron chi connectivity index (χ4n) is 6.64. The third-order valence-corrected chi connectivity index (χ3v) is 9.26. The molecule has 2 saturated heterocycles. The zero-order valence-corrected chi connectivity index (χ0v) is 25.8. The standard InChI is InChI=1S/C38H39N3O5/c42-26-29-12-14-30(15-13-29)35-22-32(25-40-20-18-39(19-21-40)23-27-6-2-1-3-7-27)45-38(46-35)31-16-10-28(11-17-31)24-41-36(43)33-8-4-5-9-34(33)37(41)44/h1-17,32,35,38,42H,18-26H2/t32-,35+,38+/m1/s1. The van der Waals surface area contributed by atoms with Gasteiger partial charge in [0.15, 0.2) is 6.29 Å². The average molecular weight is 618 g/mol. The summed E-state index contributed by atoms with van der Waals surface area (Å²) in [4.78, 5) is 32.1. The number of fused-ring (bicyclic) bond motifs is 1. The molecule has 3 aliphatic heterocycles. The Kier molecular flexibility index (Phi) is 9.05. The molecular formula is C38H39N3O5. The molecule has 0 unspecified atom stereocenters. The number of piperazine rings is 1. The quantitative estimate of drug-likeness (QED) is 0.254. The largest absolute Gasteiger partial charge is 0.392 e. The van der Waals surface area contributed by atoms with E-state index in [4.69, 9.17) is 9.47 Å². The van der Waals surface area contributed by atoms with Crippen molar-refractivity contribution in [1.82, 2.24) is 14.7 Å². The number of ether oxygens (including phenoxy) is 2. The third kappa shape index (κ3) is 6.67. The molecule has 2 amide bonds. The Morgan fingerprint density at radius 3 is 1.83 bits per heavy atom. The molecule has 3 heterocycles. The van der Waals surface area contributed by atoms with Gasteiger partial charge in [-0.1, -0.05) is 91.0 Å². The molecule has 7 rings (SSSR count). The Morgan fingerprint density at radius 2 is 1.17 bits per heavy atom. The number of amides is 2. The molecule has 0 bridgehead atoms. The van der Waals surface area contributed by atoms with E-state index in [-0.39, 0.29) is 37.2 Å². The van der Waals surface area contributed by atoms with Crippen LogP contribution in [0.25, 0.3) is 0 Å². The molecule has 0 saturated carbocycles. The number of carbonyl (C=O) groups is 2. The second kappa shape index (κ2) is 13.7. The third-order valence-electron chi connectivity index (χ3n) is 9.26. The molecule has 8 heteroatoms. The van der Waals surface area contributed by atoms with Crippen molar-refractivity contribution >= 4 is 11.8 Å². The Hall–Kier alpha value is -4.18. The van der Waals surface area contributed by atoms with Crippen LogP contribution in [0.15, 0.2) is 103 Å². The number of carbonyl (C=O) groups excluding carboxylic acids is 2. The van der Waals surface area contributed by atoms with Gasteiger partial charge in [0.25, 0.3) is 11.8 Å². The van der Waals surface area contributed by atoms with Crippen molar-refractivity contribution in [3.05, 3.63) is 142 Å². The lowest BCUT2D eigenvalue weighted by atomic mass is 9.99. The molecule has 4 aromatic carbocycles. The van der Waals surface area contributed by atoms with Gasteiger partial charge in [-0.15, -0.1) is 0 Å². The van der Waals surface area contributed by atoms with Crippen LogP contribution in [0.5, 0.6) is 0 Å². The minimum absolute atomic E-state index is 0.00345. The molecule has 4 aromatic rings. The van der Waals surface area contributed by atoms with Gasteiger partial charge in [0.05, 0.1) is 36.5 Å². The lowest BCUT2D eigenvalue weighted by Gasteiger charge is -2.40. The smallest absolute Gasteiger partial charge is 0.261 e. The van der Waals surface area contributed by atoms with Gasteiger partial charge < -0.3 is 14.6 Å². The number of benzene rings is 4. The fourth-order valence-corrected chi connectivity index (χ4v) is 6.64. The van der Waals surface area contributed by atoms with Crippen LogP contribution in [0.4, 0.5) is 0 Å². The highest BCUT2D eigenvalue weighted by atomic mass is 16.7. The van der Waals surface area contributed by atoms with E-state index in [1.54, 1.807) is 24.3 Å². The van der Waals surface area contributed by atoms with Crippen molar-refractivity contribution in [2.75, 3.05) is 32.7 Å². The maximum atomic E-state index is 12.9. The zero-order chi connectivity index (χ0) is 31.5. The number of imide groups is 1. The van der Waals surface area contributed by atoms with Crippen molar-refractivity contribution < 1.29 is 24.2 Å².